The smallest absolute Gasteiger partial charge is 0.407 e. The maximum Gasteiger partial charge on any atom is 0.407 e. The van der Waals surface area contributed by atoms with Gasteiger partial charge in [0.15, 0.2) is 24.7 Å². The number of ether oxygens (including phenoxy) is 13. The van der Waals surface area contributed by atoms with Crippen molar-refractivity contribution < 1.29 is 85.5 Å². The fourth-order valence-electron chi connectivity index (χ4n) is 14.7. The van der Waals surface area contributed by atoms with E-state index in [4.69, 9.17) is 66.0 Å². The fraction of sp³-hybridized carbons (Fsp3) is 0.393. The fourth-order valence-corrected chi connectivity index (χ4v) is 19.3. The lowest BCUT2D eigenvalue weighted by atomic mass is 9.93. The van der Waals surface area contributed by atoms with Gasteiger partial charge < -0.3 is 76.4 Å². The summed E-state index contributed by atoms with van der Waals surface area (Å²) in [6.45, 7) is 12.2. The second kappa shape index (κ2) is 34.6. The van der Waals surface area contributed by atoms with Gasteiger partial charge in [0.05, 0.1) is 63.5 Å². The first-order valence-corrected chi connectivity index (χ1v) is 38.1. The van der Waals surface area contributed by atoms with Crippen molar-refractivity contribution in [2.45, 2.75) is 184 Å². The van der Waals surface area contributed by atoms with E-state index < -0.39 is 129 Å². The van der Waals surface area contributed by atoms with Crippen LogP contribution >= 0.6 is 0 Å². The third kappa shape index (κ3) is 17.8. The summed E-state index contributed by atoms with van der Waals surface area (Å²) < 4.78 is 98.7. The van der Waals surface area contributed by atoms with E-state index >= 15 is 9.59 Å². The Morgan fingerprint density at radius 1 is 0.495 bits per heavy atom. The molecule has 0 bridgehead atoms. The molecule has 4 saturated heterocycles. The zero-order valence-electron chi connectivity index (χ0n) is 60.1. The molecule has 5 aliphatic rings. The summed E-state index contributed by atoms with van der Waals surface area (Å²) in [5.41, 5.74) is 4.61. The van der Waals surface area contributed by atoms with Crippen LogP contribution in [0.1, 0.15) is 96.5 Å². The predicted molar refractivity (Wildman–Crippen MR) is 392 cm³/mol. The number of nitrogens with one attached hydrogen (secondary N) is 1. The van der Waals surface area contributed by atoms with Crippen LogP contribution in [0.25, 0.3) is 0 Å². The number of aliphatic hydroxyl groups is 1. The highest BCUT2D eigenvalue weighted by Gasteiger charge is 2.62. The Hall–Kier alpha value is -8.17. The molecule has 3 amide bonds. The molecule has 20 nitrogen and oxygen atoms in total. The number of hydrogen-bond donors (Lipinski definition) is 2. The van der Waals surface area contributed by atoms with Crippen molar-refractivity contribution in [2.75, 3.05) is 26.4 Å². The van der Waals surface area contributed by atoms with Crippen LogP contribution in [-0.4, -0.2) is 160 Å². The molecule has 13 rings (SSSR count). The van der Waals surface area contributed by atoms with Crippen LogP contribution in [0.2, 0.25) is 5.04 Å². The maximum atomic E-state index is 15.7. The molecule has 8 aromatic rings. The molecule has 0 aromatic heterocycles. The largest absolute Gasteiger partial charge is 0.445 e. The van der Waals surface area contributed by atoms with E-state index in [0.29, 0.717) is 0 Å². The van der Waals surface area contributed by atoms with E-state index in [0.717, 1.165) is 43.1 Å². The normalized spacial score (nSPS) is 26.6. The predicted octanol–water partition coefficient (Wildman–Crippen LogP) is 11.4. The molecule has 21 heteroatoms. The van der Waals surface area contributed by atoms with Crippen molar-refractivity contribution in [1.82, 2.24) is 10.2 Å². The summed E-state index contributed by atoms with van der Waals surface area (Å²) in [4.78, 5) is 45.9. The first kappa shape index (κ1) is 75.1. The number of benzene rings is 8. The van der Waals surface area contributed by atoms with E-state index in [1.54, 1.807) is 38.1 Å². The van der Waals surface area contributed by atoms with Crippen molar-refractivity contribution >= 4 is 36.6 Å². The van der Waals surface area contributed by atoms with Crippen molar-refractivity contribution in [3.05, 3.63) is 276 Å². The zero-order chi connectivity index (χ0) is 72.9. The SMILES string of the molecule is C[C@@H]1O[C@@H](O[C@H]2[C@H](O[C@@H]3O[C@H](COCc4ccccc4)[C@@H]4OC(C)(C)O[C@@H]4[C@H]3O)[C@@H](CO[Si](c3ccccc3)(c3ccccc3)C(C)(C)C)O[C@@H](OCCCNC(=O)OCc3ccccc3)[C@@H]2N2C(=O)c3ccccc3C2=O)[C@@H](OCc2ccccc2)[C@H](OCc2ccccc2)[C@@H]1OCc1ccccc1. The van der Waals surface area contributed by atoms with Crippen molar-refractivity contribution in [1.29, 1.82) is 0 Å². The molecule has 2 N–H and O–H groups in total. The number of amides is 3. The Kier molecular flexibility index (Phi) is 24.7. The third-order valence-corrected chi connectivity index (χ3v) is 24.7. The van der Waals surface area contributed by atoms with E-state index in [2.05, 4.69) is 50.4 Å². The van der Waals surface area contributed by atoms with Gasteiger partial charge in [-0.3, -0.25) is 14.5 Å². The minimum atomic E-state index is -3.53. The molecule has 5 aliphatic heterocycles. The third-order valence-electron chi connectivity index (χ3n) is 19.7. The molecule has 0 radical (unpaired) electrons. The number of rotatable bonds is 30. The number of hydrogen-bond acceptors (Lipinski definition) is 18. The first-order chi connectivity index (χ1) is 51.0. The number of imide groups is 1. The second-order valence-corrected chi connectivity index (χ2v) is 32.8. The molecule has 0 unspecified atom stereocenters. The van der Waals surface area contributed by atoms with Gasteiger partial charge in [-0.2, -0.15) is 0 Å². The second-order valence-electron chi connectivity index (χ2n) is 28.5. The van der Waals surface area contributed by atoms with Gasteiger partial charge in [0.25, 0.3) is 20.1 Å². The van der Waals surface area contributed by atoms with Gasteiger partial charge in [-0.15, -0.1) is 0 Å². The first-order valence-electron chi connectivity index (χ1n) is 36.2. The molecular formula is C84H94N2O18Si. The number of carbonyl (C=O) groups excluding carboxylic acids is 3. The molecule has 0 aliphatic carbocycles. The van der Waals surface area contributed by atoms with Crippen LogP contribution < -0.4 is 15.7 Å². The number of alkyl carbamates (subject to hydrolysis) is 1. The molecule has 105 heavy (non-hydrogen) atoms. The summed E-state index contributed by atoms with van der Waals surface area (Å²) in [5.74, 6) is -2.54. The van der Waals surface area contributed by atoms with Gasteiger partial charge in [-0.05, 0) is 82.6 Å². The van der Waals surface area contributed by atoms with Gasteiger partial charge in [-0.25, -0.2) is 4.79 Å². The van der Waals surface area contributed by atoms with Crippen LogP contribution in [0.5, 0.6) is 0 Å². The van der Waals surface area contributed by atoms with E-state index in [1.165, 1.54) is 0 Å². The molecule has 15 atom stereocenters. The summed E-state index contributed by atoms with van der Waals surface area (Å²) in [6, 6.07) is 73.6. The molecule has 552 valence electrons. The Labute approximate surface area is 615 Å². The Morgan fingerprint density at radius 2 is 0.943 bits per heavy atom. The van der Waals surface area contributed by atoms with Crippen molar-refractivity contribution in [3.63, 3.8) is 0 Å². The van der Waals surface area contributed by atoms with Gasteiger partial charge in [0.1, 0.15) is 73.7 Å². The standard InChI is InChI=1S/C84H94N2O18Si/c1-56-70(93-50-58-33-16-8-17-34-58)75(94-51-59-35-18-9-19-36-59)76(95-52-60-37-20-10-21-38-60)81(98-56)102-73-68(86-77(88)64-45-28-29-46-65(64)78(86)89)79(92-48-30-47-85-82(90)96-53-61-39-22-11-23-40-61)99-67(55-97-105(83(2,3)4,62-41-24-12-25-42-62)63-43-26-13-27-44-63)71(73)101-80-69(87)74-72(103-84(5,6)104-74)66(100-80)54-91-49-57-31-14-7-15-32-57/h7-29,31-46,56,66-76,79-81,87H,30,47-55H2,1-6H3,(H,85,90)/t56-,66+,67+,68+,69+,70+,71+,72-,73+,74+,75+,76-,79+,80-,81-/m0/s1. The monoisotopic (exact) mass is 1450 g/mol. The van der Waals surface area contributed by atoms with Crippen LogP contribution in [0, 0.1) is 0 Å². The van der Waals surface area contributed by atoms with E-state index in [1.807, 2.05) is 195 Å². The van der Waals surface area contributed by atoms with Crippen LogP contribution in [0.4, 0.5) is 4.79 Å². The quantitative estimate of drug-likeness (QED) is 0.0243. The molecule has 8 aromatic carbocycles. The highest BCUT2D eigenvalue weighted by molar-refractivity contribution is 6.99. The summed E-state index contributed by atoms with van der Waals surface area (Å²) in [5, 5.41) is 17.2. The van der Waals surface area contributed by atoms with Crippen LogP contribution in [0.15, 0.2) is 237 Å². The highest BCUT2D eigenvalue weighted by Crippen LogP contribution is 2.44. The van der Waals surface area contributed by atoms with Gasteiger partial charge >= 0.3 is 6.09 Å². The molecule has 5 heterocycles. The number of carbonyl (C=O) groups is 3. The van der Waals surface area contributed by atoms with Gasteiger partial charge in [0, 0.05) is 6.54 Å². The number of fused-ring (bicyclic) bond motifs is 2. The molecule has 0 saturated carbocycles. The Bertz CT molecular complexity index is 3980. The summed E-state index contributed by atoms with van der Waals surface area (Å²) in [6.07, 6.45) is -17.5. The van der Waals surface area contributed by atoms with Gasteiger partial charge in [0.2, 0.25) is 0 Å². The zero-order valence-corrected chi connectivity index (χ0v) is 61.1. The number of aliphatic hydroxyl groups excluding tert-OH is 1. The van der Waals surface area contributed by atoms with E-state index in [-0.39, 0.29) is 76.9 Å². The topological polar surface area (TPSA) is 216 Å². The average molecular weight is 1450 g/mol. The van der Waals surface area contributed by atoms with Crippen molar-refractivity contribution in [2.24, 2.45) is 0 Å². The Balaban J connectivity index is 0.954. The minimum Gasteiger partial charge on any atom is -0.445 e. The highest BCUT2D eigenvalue weighted by atomic mass is 28.4. The van der Waals surface area contributed by atoms with E-state index in [9.17, 15) is 9.90 Å². The molecule has 4 fully saturated rings. The lowest BCUT2D eigenvalue weighted by Gasteiger charge is -2.53. The maximum absolute atomic E-state index is 15.7. The number of nitrogens with zero attached hydrogens (tertiary/aromatic N) is 1. The summed E-state index contributed by atoms with van der Waals surface area (Å²) >= 11 is 0. The van der Waals surface area contributed by atoms with Crippen LogP contribution in [0.3, 0.4) is 0 Å². The van der Waals surface area contributed by atoms with Crippen molar-refractivity contribution in [3.8, 4) is 0 Å². The Morgan fingerprint density at radius 3 is 1.47 bits per heavy atom. The average Bonchev–Trinajstić information content (AvgIpc) is 1.72. The lowest BCUT2D eigenvalue weighted by molar-refractivity contribution is -0.379. The lowest BCUT2D eigenvalue weighted by Crippen LogP contribution is -2.72. The summed E-state index contributed by atoms with van der Waals surface area (Å²) in [7, 11) is -3.53. The van der Waals surface area contributed by atoms with Crippen LogP contribution in [-0.2, 0) is 99.0 Å². The molecular weight excluding hydrogens is 1350 g/mol. The molecule has 0 spiro atoms. The van der Waals surface area contributed by atoms with Gasteiger partial charge in [-0.1, -0.05) is 245 Å². The minimum absolute atomic E-state index is 0.0249.